The van der Waals surface area contributed by atoms with Crippen molar-refractivity contribution in [3.63, 3.8) is 0 Å². The molecule has 0 aliphatic heterocycles. The molecule has 0 aliphatic rings. The molecule has 1 aromatic carbocycles. The summed E-state index contributed by atoms with van der Waals surface area (Å²) in [5.74, 6) is 0.812. The minimum absolute atomic E-state index is 0.146. The average molecular weight is 397 g/mol. The van der Waals surface area contributed by atoms with E-state index in [2.05, 4.69) is 15.9 Å². The fourth-order valence-electron chi connectivity index (χ4n) is 1.90. The predicted molar refractivity (Wildman–Crippen MR) is 95.1 cm³/mol. The van der Waals surface area contributed by atoms with Gasteiger partial charge in [-0.1, -0.05) is 15.9 Å². The van der Waals surface area contributed by atoms with E-state index >= 15 is 0 Å². The molecule has 0 spiro atoms. The lowest BCUT2D eigenvalue weighted by atomic mass is 10.2. The molecular weight excluding hydrogens is 380 g/mol. The maximum absolute atomic E-state index is 11.8. The Bertz CT molecular complexity index is 721. The number of hydrogen-bond acceptors (Lipinski definition) is 5. The topological polar surface area (TPSA) is 44.8 Å². The van der Waals surface area contributed by atoms with Gasteiger partial charge in [0.05, 0.1) is 14.2 Å². The predicted octanol–water partition coefficient (Wildman–Crippen LogP) is 4.59. The van der Waals surface area contributed by atoms with Crippen molar-refractivity contribution in [1.82, 2.24) is 0 Å². The van der Waals surface area contributed by atoms with Gasteiger partial charge >= 0.3 is 5.97 Å². The molecule has 0 saturated carbocycles. The van der Waals surface area contributed by atoms with Crippen LogP contribution in [0.1, 0.15) is 15.3 Å². The Balaban J connectivity index is 2.00. The number of methoxy groups -OCH3 is 2. The zero-order valence-corrected chi connectivity index (χ0v) is 15.5. The van der Waals surface area contributed by atoms with Crippen LogP contribution in [0.5, 0.6) is 11.5 Å². The molecule has 1 heterocycles. The molecule has 0 unspecified atom stereocenters. The third kappa shape index (κ3) is 4.84. The first kappa shape index (κ1) is 17.6. The van der Waals surface area contributed by atoms with Gasteiger partial charge in [0.1, 0.15) is 6.61 Å². The number of rotatable bonds is 6. The molecule has 0 bridgehead atoms. The summed E-state index contributed by atoms with van der Waals surface area (Å²) >= 11 is 5.06. The normalized spacial score (nSPS) is 10.8. The van der Waals surface area contributed by atoms with Gasteiger partial charge in [-0.05, 0) is 37.3 Å². The minimum Gasteiger partial charge on any atom is -0.493 e. The van der Waals surface area contributed by atoms with E-state index in [0.717, 1.165) is 14.9 Å². The molecule has 0 saturated heterocycles. The van der Waals surface area contributed by atoms with Gasteiger partial charge in [-0.2, -0.15) is 0 Å². The van der Waals surface area contributed by atoms with Crippen LogP contribution in [0.4, 0.5) is 0 Å². The SMILES string of the molecule is COc1cc(Br)c(COC(=O)/C=C/c2ccc(C)s2)cc1OC. The molecule has 0 aliphatic carbocycles. The second-order valence-corrected chi connectivity index (χ2v) is 6.86. The third-order valence-corrected chi connectivity index (χ3v) is 4.77. The summed E-state index contributed by atoms with van der Waals surface area (Å²) < 4.78 is 16.5. The lowest BCUT2D eigenvalue weighted by molar-refractivity contribution is -0.138. The smallest absolute Gasteiger partial charge is 0.331 e. The van der Waals surface area contributed by atoms with Crippen LogP contribution in [-0.2, 0) is 16.1 Å². The highest BCUT2D eigenvalue weighted by Gasteiger charge is 2.10. The Kier molecular flexibility index (Phi) is 6.24. The second kappa shape index (κ2) is 8.17. The summed E-state index contributed by atoms with van der Waals surface area (Å²) in [6.45, 7) is 2.17. The van der Waals surface area contributed by atoms with Gasteiger partial charge in [-0.3, -0.25) is 0 Å². The first-order valence-corrected chi connectivity index (χ1v) is 8.46. The Labute approximate surface area is 147 Å². The van der Waals surface area contributed by atoms with Crippen LogP contribution in [0.25, 0.3) is 6.08 Å². The highest BCUT2D eigenvalue weighted by atomic mass is 79.9. The molecule has 4 nitrogen and oxygen atoms in total. The standard InChI is InChI=1S/C17H17BrO4S/c1-11-4-5-13(23-11)6-7-17(19)22-10-12-8-15(20-2)16(21-3)9-14(12)18/h4-9H,10H2,1-3H3/b7-6+. The number of halogens is 1. The maximum atomic E-state index is 11.8. The van der Waals surface area contributed by atoms with E-state index in [9.17, 15) is 4.79 Å². The molecule has 6 heteroatoms. The van der Waals surface area contributed by atoms with Gasteiger partial charge in [0.25, 0.3) is 0 Å². The van der Waals surface area contributed by atoms with Crippen LogP contribution in [0.15, 0.2) is 34.8 Å². The molecule has 2 aromatic rings. The van der Waals surface area contributed by atoms with Crippen LogP contribution >= 0.6 is 27.3 Å². The van der Waals surface area contributed by atoms with Crippen molar-refractivity contribution in [2.24, 2.45) is 0 Å². The summed E-state index contributed by atoms with van der Waals surface area (Å²) in [6.07, 6.45) is 3.18. The van der Waals surface area contributed by atoms with Crippen molar-refractivity contribution in [2.75, 3.05) is 14.2 Å². The first-order valence-electron chi connectivity index (χ1n) is 6.85. The van der Waals surface area contributed by atoms with Gasteiger partial charge < -0.3 is 14.2 Å². The van der Waals surface area contributed by atoms with E-state index < -0.39 is 5.97 Å². The highest BCUT2D eigenvalue weighted by molar-refractivity contribution is 9.10. The minimum atomic E-state index is -0.391. The molecule has 0 amide bonds. The van der Waals surface area contributed by atoms with Gasteiger partial charge in [-0.15, -0.1) is 11.3 Å². The largest absolute Gasteiger partial charge is 0.493 e. The van der Waals surface area contributed by atoms with Crippen LogP contribution in [0.3, 0.4) is 0 Å². The number of carbonyl (C=O) groups is 1. The van der Waals surface area contributed by atoms with E-state index in [0.29, 0.717) is 11.5 Å². The molecule has 0 atom stereocenters. The molecule has 0 N–H and O–H groups in total. The monoisotopic (exact) mass is 396 g/mol. The van der Waals surface area contributed by atoms with E-state index in [-0.39, 0.29) is 6.61 Å². The van der Waals surface area contributed by atoms with Crippen LogP contribution in [0.2, 0.25) is 0 Å². The van der Waals surface area contributed by atoms with E-state index in [1.165, 1.54) is 11.0 Å². The number of aryl methyl sites for hydroxylation is 1. The summed E-state index contributed by atoms with van der Waals surface area (Å²) in [5, 5.41) is 0. The Morgan fingerprint density at radius 3 is 2.52 bits per heavy atom. The molecule has 0 fully saturated rings. The van der Waals surface area contributed by atoms with Gasteiger partial charge in [-0.25, -0.2) is 4.79 Å². The van der Waals surface area contributed by atoms with E-state index in [1.54, 1.807) is 43.8 Å². The Morgan fingerprint density at radius 2 is 1.91 bits per heavy atom. The number of carbonyl (C=O) groups excluding carboxylic acids is 1. The third-order valence-electron chi connectivity index (χ3n) is 3.07. The van der Waals surface area contributed by atoms with E-state index in [4.69, 9.17) is 14.2 Å². The fourth-order valence-corrected chi connectivity index (χ4v) is 3.11. The quantitative estimate of drug-likeness (QED) is 0.528. The van der Waals surface area contributed by atoms with Crippen molar-refractivity contribution in [2.45, 2.75) is 13.5 Å². The van der Waals surface area contributed by atoms with Crippen LogP contribution in [-0.4, -0.2) is 20.2 Å². The highest BCUT2D eigenvalue weighted by Crippen LogP contribution is 2.33. The zero-order chi connectivity index (χ0) is 16.8. The van der Waals surface area contributed by atoms with Crippen molar-refractivity contribution < 1.29 is 19.0 Å². The van der Waals surface area contributed by atoms with Crippen molar-refractivity contribution in [3.05, 3.63) is 50.1 Å². The number of ether oxygens (including phenoxy) is 3. The lowest BCUT2D eigenvalue weighted by Crippen LogP contribution is -2.02. The first-order chi connectivity index (χ1) is 11.0. The van der Waals surface area contributed by atoms with Crippen molar-refractivity contribution in [3.8, 4) is 11.5 Å². The molecule has 23 heavy (non-hydrogen) atoms. The number of hydrogen-bond donors (Lipinski definition) is 0. The van der Waals surface area contributed by atoms with Crippen molar-refractivity contribution in [1.29, 1.82) is 0 Å². The van der Waals surface area contributed by atoms with Crippen LogP contribution < -0.4 is 9.47 Å². The van der Waals surface area contributed by atoms with Gasteiger partial charge in [0.15, 0.2) is 11.5 Å². The maximum Gasteiger partial charge on any atom is 0.331 e. The Hall–Kier alpha value is -1.79. The second-order valence-electron chi connectivity index (χ2n) is 4.69. The molecule has 122 valence electrons. The summed E-state index contributed by atoms with van der Waals surface area (Å²) in [6, 6.07) is 7.54. The van der Waals surface area contributed by atoms with Crippen LogP contribution in [0, 0.1) is 6.92 Å². The molecule has 1 aromatic heterocycles. The Morgan fingerprint density at radius 1 is 1.22 bits per heavy atom. The fraction of sp³-hybridized carbons (Fsp3) is 0.235. The van der Waals surface area contributed by atoms with Crippen molar-refractivity contribution >= 4 is 39.3 Å². The summed E-state index contributed by atoms with van der Waals surface area (Å²) in [7, 11) is 3.13. The number of esters is 1. The molecule has 0 radical (unpaired) electrons. The summed E-state index contributed by atoms with van der Waals surface area (Å²) in [5.41, 5.74) is 0.802. The molecular formula is C17H17BrO4S. The van der Waals surface area contributed by atoms with Gasteiger partial charge in [0, 0.05) is 25.9 Å². The zero-order valence-electron chi connectivity index (χ0n) is 13.1. The van der Waals surface area contributed by atoms with E-state index in [1.807, 2.05) is 19.1 Å². The lowest BCUT2D eigenvalue weighted by Gasteiger charge is -2.11. The average Bonchev–Trinajstić information content (AvgIpc) is 2.96. The van der Waals surface area contributed by atoms with Gasteiger partial charge in [0.2, 0.25) is 0 Å². The molecule has 2 rings (SSSR count). The summed E-state index contributed by atoms with van der Waals surface area (Å²) in [4.78, 5) is 14.0. The number of benzene rings is 1. The number of thiophene rings is 1.